The molecule has 0 atom stereocenters. The number of benzene rings is 2. The van der Waals surface area contributed by atoms with Gasteiger partial charge >= 0.3 is 0 Å². The minimum absolute atomic E-state index is 0.294. The Hall–Kier alpha value is -2.51. The first-order chi connectivity index (χ1) is 9.31. The molecule has 0 saturated heterocycles. The first kappa shape index (κ1) is 13.9. The lowest BCUT2D eigenvalue weighted by Crippen LogP contribution is -2.08. The third-order valence-corrected chi connectivity index (χ3v) is 2.58. The van der Waals surface area contributed by atoms with Gasteiger partial charge in [0.2, 0.25) is 0 Å². The Bertz CT molecular complexity index is 571. The van der Waals surface area contributed by atoms with E-state index < -0.39 is 46.0 Å². The summed E-state index contributed by atoms with van der Waals surface area (Å²) in [5, 5.41) is -0.294. The molecule has 0 bridgehead atoms. The van der Waals surface area contributed by atoms with Crippen LogP contribution >= 0.6 is 0 Å². The van der Waals surface area contributed by atoms with Crippen molar-refractivity contribution in [1.29, 1.82) is 0 Å². The molecule has 0 spiro atoms. The third kappa shape index (κ3) is 2.31. The summed E-state index contributed by atoms with van der Waals surface area (Å²) in [5.74, 6) is -4.78. The molecule has 2 rings (SSSR count). The number of anilines is 4. The van der Waals surface area contributed by atoms with Gasteiger partial charge in [-0.15, -0.1) is 0 Å². The van der Waals surface area contributed by atoms with Crippen molar-refractivity contribution in [3.8, 4) is 0 Å². The molecule has 20 heavy (non-hydrogen) atoms. The van der Waals surface area contributed by atoms with E-state index in [2.05, 4.69) is 0 Å². The zero-order valence-corrected chi connectivity index (χ0v) is 9.80. The van der Waals surface area contributed by atoms with Gasteiger partial charge in [0, 0.05) is 24.3 Å². The van der Waals surface area contributed by atoms with Crippen molar-refractivity contribution in [3.05, 3.63) is 47.5 Å². The van der Waals surface area contributed by atoms with Gasteiger partial charge in [0.05, 0.1) is 11.4 Å². The highest BCUT2D eigenvalue weighted by Crippen LogP contribution is 2.32. The molecule has 0 aliphatic rings. The average Bonchev–Trinajstić information content (AvgIpc) is 2.40. The molecule has 0 radical (unpaired) electrons. The third-order valence-electron chi connectivity index (χ3n) is 2.58. The molecule has 0 aliphatic carbocycles. The molecule has 8 heteroatoms. The highest BCUT2D eigenvalue weighted by Gasteiger charge is 2.17. The minimum Gasteiger partial charge on any atom is -0.394 e. The number of nitrogens with zero attached hydrogens (tertiary/aromatic N) is 1. The van der Waals surface area contributed by atoms with E-state index in [1.165, 1.54) is 0 Å². The summed E-state index contributed by atoms with van der Waals surface area (Å²) in [7, 11) is 0. The second-order valence-electron chi connectivity index (χ2n) is 3.93. The molecule has 0 heterocycles. The predicted octanol–water partition coefficient (Wildman–Crippen LogP) is 3.43. The van der Waals surface area contributed by atoms with Crippen LogP contribution in [0.1, 0.15) is 0 Å². The molecule has 0 unspecified atom stereocenters. The molecule has 2 aromatic carbocycles. The Morgan fingerprint density at radius 3 is 1.15 bits per heavy atom. The summed E-state index contributed by atoms with van der Waals surface area (Å²) in [5.41, 5.74) is 7.27. The zero-order chi connectivity index (χ0) is 15.0. The number of hydrogen-bond acceptors (Lipinski definition) is 3. The van der Waals surface area contributed by atoms with Crippen LogP contribution in [0.2, 0.25) is 0 Å². The van der Waals surface area contributed by atoms with Crippen LogP contribution in [0.5, 0.6) is 0 Å². The van der Waals surface area contributed by atoms with Crippen molar-refractivity contribution in [1.82, 2.24) is 0 Å². The van der Waals surface area contributed by atoms with E-state index in [-0.39, 0.29) is 5.12 Å². The molecule has 0 fully saturated rings. The second kappa shape index (κ2) is 4.87. The van der Waals surface area contributed by atoms with Crippen LogP contribution < -0.4 is 16.6 Å². The standard InChI is InChI=1S/C12H8F5N3/c13-7-1-5(2-8(14)11(7)18)20(17)6-3-9(15)12(19)10(16)4-6/h1-4H,18-19H2. The van der Waals surface area contributed by atoms with Gasteiger partial charge in [-0.1, -0.05) is 4.48 Å². The maximum atomic E-state index is 13.9. The van der Waals surface area contributed by atoms with Crippen molar-refractivity contribution in [2.45, 2.75) is 0 Å². The number of rotatable bonds is 2. The van der Waals surface area contributed by atoms with Crippen LogP contribution in [0.4, 0.5) is 44.8 Å². The summed E-state index contributed by atoms with van der Waals surface area (Å²) in [4.78, 5) is 0. The van der Waals surface area contributed by atoms with Crippen LogP contribution in [-0.4, -0.2) is 0 Å². The minimum atomic E-state index is -1.20. The molecule has 4 N–H and O–H groups in total. The van der Waals surface area contributed by atoms with Crippen molar-refractivity contribution in [2.24, 2.45) is 0 Å². The van der Waals surface area contributed by atoms with Gasteiger partial charge in [-0.25, -0.2) is 17.6 Å². The van der Waals surface area contributed by atoms with Crippen LogP contribution in [0.15, 0.2) is 24.3 Å². The lowest BCUT2D eigenvalue weighted by atomic mass is 10.2. The topological polar surface area (TPSA) is 55.3 Å². The quantitative estimate of drug-likeness (QED) is 0.506. The van der Waals surface area contributed by atoms with Crippen molar-refractivity contribution < 1.29 is 22.0 Å². The van der Waals surface area contributed by atoms with Gasteiger partial charge in [-0.05, 0) is 0 Å². The summed E-state index contributed by atoms with van der Waals surface area (Å²) in [6.07, 6.45) is 0. The molecule has 0 aromatic heterocycles. The van der Waals surface area contributed by atoms with Crippen molar-refractivity contribution in [3.63, 3.8) is 0 Å². The molecule has 2 aromatic rings. The number of nitrogen functional groups attached to an aromatic ring is 2. The Kier molecular flexibility index (Phi) is 3.39. The fourth-order valence-corrected chi connectivity index (χ4v) is 1.52. The van der Waals surface area contributed by atoms with Gasteiger partial charge in [0.25, 0.3) is 0 Å². The summed E-state index contributed by atoms with van der Waals surface area (Å²) in [6.45, 7) is 0. The fraction of sp³-hybridized carbons (Fsp3) is 0. The molecular formula is C12H8F5N3. The maximum Gasteiger partial charge on any atom is 0.151 e. The van der Waals surface area contributed by atoms with Crippen LogP contribution in [0.25, 0.3) is 0 Å². The Morgan fingerprint density at radius 1 is 0.650 bits per heavy atom. The Labute approximate surface area is 110 Å². The smallest absolute Gasteiger partial charge is 0.151 e. The predicted molar refractivity (Wildman–Crippen MR) is 64.8 cm³/mol. The Balaban J connectivity index is 2.49. The van der Waals surface area contributed by atoms with Crippen LogP contribution in [-0.2, 0) is 0 Å². The molecule has 106 valence electrons. The molecule has 0 aliphatic heterocycles. The van der Waals surface area contributed by atoms with E-state index in [4.69, 9.17) is 11.5 Å². The largest absolute Gasteiger partial charge is 0.394 e. The van der Waals surface area contributed by atoms with E-state index in [1.807, 2.05) is 0 Å². The van der Waals surface area contributed by atoms with E-state index in [1.54, 1.807) is 0 Å². The fourth-order valence-electron chi connectivity index (χ4n) is 1.52. The van der Waals surface area contributed by atoms with Crippen LogP contribution in [0.3, 0.4) is 0 Å². The zero-order valence-electron chi connectivity index (χ0n) is 9.80. The van der Waals surface area contributed by atoms with Crippen molar-refractivity contribution >= 4 is 22.7 Å². The highest BCUT2D eigenvalue weighted by atomic mass is 19.2. The summed E-state index contributed by atoms with van der Waals surface area (Å²) < 4.78 is 66.8. The second-order valence-corrected chi connectivity index (χ2v) is 3.93. The lowest BCUT2D eigenvalue weighted by molar-refractivity contribution is 0.495. The summed E-state index contributed by atoms with van der Waals surface area (Å²) >= 11 is 0. The van der Waals surface area contributed by atoms with E-state index in [9.17, 15) is 22.0 Å². The highest BCUT2D eigenvalue weighted by molar-refractivity contribution is 5.65. The van der Waals surface area contributed by atoms with Gasteiger partial charge < -0.3 is 11.5 Å². The molecule has 0 saturated carbocycles. The maximum absolute atomic E-state index is 13.9. The molecular weight excluding hydrogens is 281 g/mol. The van der Waals surface area contributed by atoms with E-state index >= 15 is 0 Å². The normalized spacial score (nSPS) is 10.7. The molecule has 0 amide bonds. The monoisotopic (exact) mass is 289 g/mol. The van der Waals surface area contributed by atoms with Gasteiger partial charge in [0.15, 0.2) is 23.3 Å². The number of hydrogen-bond donors (Lipinski definition) is 2. The van der Waals surface area contributed by atoms with E-state index in [0.29, 0.717) is 24.3 Å². The van der Waals surface area contributed by atoms with Crippen molar-refractivity contribution in [2.75, 3.05) is 16.6 Å². The Morgan fingerprint density at radius 2 is 0.900 bits per heavy atom. The number of nitrogens with two attached hydrogens (primary N) is 2. The lowest BCUT2D eigenvalue weighted by Gasteiger charge is -2.15. The van der Waals surface area contributed by atoms with Gasteiger partial charge in [0.1, 0.15) is 11.4 Å². The first-order valence-electron chi connectivity index (χ1n) is 5.26. The van der Waals surface area contributed by atoms with E-state index in [0.717, 1.165) is 0 Å². The first-order valence-corrected chi connectivity index (χ1v) is 5.26. The summed E-state index contributed by atoms with van der Waals surface area (Å²) in [6, 6.07) is 2.35. The SMILES string of the molecule is Nc1c(F)cc(N(F)c2cc(F)c(N)c(F)c2)cc1F. The molecule has 3 nitrogen and oxygen atoms in total. The average molecular weight is 289 g/mol. The van der Waals surface area contributed by atoms with Crippen LogP contribution in [0, 0.1) is 23.3 Å². The van der Waals surface area contributed by atoms with Gasteiger partial charge in [-0.2, -0.15) is 5.12 Å². The number of halogens is 5. The van der Waals surface area contributed by atoms with Gasteiger partial charge in [-0.3, -0.25) is 0 Å².